The normalized spacial score (nSPS) is 20.2. The Morgan fingerprint density at radius 1 is 1.09 bits per heavy atom. The van der Waals surface area contributed by atoms with Crippen LogP contribution < -0.4 is 4.90 Å². The van der Waals surface area contributed by atoms with Gasteiger partial charge in [-0.05, 0) is 31.0 Å². The van der Waals surface area contributed by atoms with Gasteiger partial charge in [-0.2, -0.15) is 9.40 Å². The third-order valence-electron chi connectivity index (χ3n) is 6.28. The minimum atomic E-state index is -3.74. The standard InChI is InChI=1S/C21H25N7O3S/c1-15-2-3-17-18(12-15)22-6-4-19(17)26-8-10-27(11-9-26)20(29)16-5-7-28(13-16)32(30,31)21-23-14-24-25-21/h2-4,6,12,14,16H,5,7-11,13H2,1H3,(H,23,24,25)/t16-/m0/s1. The average Bonchev–Trinajstić information content (AvgIpc) is 3.51. The van der Waals surface area contributed by atoms with Crippen LogP contribution in [-0.2, 0) is 14.8 Å². The van der Waals surface area contributed by atoms with E-state index in [0.29, 0.717) is 26.1 Å². The van der Waals surface area contributed by atoms with Crippen molar-refractivity contribution in [1.82, 2.24) is 29.4 Å². The molecule has 0 bridgehead atoms. The number of carbonyl (C=O) groups is 1. The number of aromatic amines is 1. The highest BCUT2D eigenvalue weighted by atomic mass is 32.2. The number of nitrogens with zero attached hydrogens (tertiary/aromatic N) is 6. The number of aromatic nitrogens is 4. The summed E-state index contributed by atoms with van der Waals surface area (Å²) >= 11 is 0. The maximum atomic E-state index is 13.1. The van der Waals surface area contributed by atoms with Crippen molar-refractivity contribution in [2.45, 2.75) is 18.5 Å². The Balaban J connectivity index is 1.23. The van der Waals surface area contributed by atoms with Crippen LogP contribution in [0.2, 0.25) is 0 Å². The van der Waals surface area contributed by atoms with Crippen LogP contribution in [0.5, 0.6) is 0 Å². The quantitative estimate of drug-likeness (QED) is 0.624. The van der Waals surface area contributed by atoms with Crippen molar-refractivity contribution in [3.05, 3.63) is 42.4 Å². The van der Waals surface area contributed by atoms with Crippen molar-refractivity contribution in [3.8, 4) is 0 Å². The van der Waals surface area contributed by atoms with Gasteiger partial charge in [-0.15, -0.1) is 0 Å². The lowest BCUT2D eigenvalue weighted by molar-refractivity contribution is -0.135. The summed E-state index contributed by atoms with van der Waals surface area (Å²) in [5, 5.41) is 6.95. The van der Waals surface area contributed by atoms with Crippen LogP contribution in [0.15, 0.2) is 41.9 Å². The molecule has 32 heavy (non-hydrogen) atoms. The molecule has 1 atom stereocenters. The SMILES string of the molecule is Cc1ccc2c(N3CCN(C(=O)[C@H]4CCN(S(=O)(=O)c5ncn[nH]5)C4)CC3)ccnc2c1. The number of hydrogen-bond acceptors (Lipinski definition) is 7. The van der Waals surface area contributed by atoms with E-state index < -0.39 is 10.0 Å². The molecule has 2 aromatic heterocycles. The number of aryl methyl sites for hydroxylation is 1. The van der Waals surface area contributed by atoms with E-state index in [-0.39, 0.29) is 23.5 Å². The smallest absolute Gasteiger partial charge is 0.278 e. The van der Waals surface area contributed by atoms with Crippen LogP contribution in [0.25, 0.3) is 10.9 Å². The highest BCUT2D eigenvalue weighted by Gasteiger charge is 2.39. The minimum Gasteiger partial charge on any atom is -0.367 e. The van der Waals surface area contributed by atoms with Crippen LogP contribution in [0.4, 0.5) is 5.69 Å². The van der Waals surface area contributed by atoms with Gasteiger partial charge in [0.05, 0.1) is 11.4 Å². The summed E-state index contributed by atoms with van der Waals surface area (Å²) in [6.07, 6.45) is 3.51. The second-order valence-corrected chi connectivity index (χ2v) is 10.2. The molecule has 2 saturated heterocycles. The zero-order chi connectivity index (χ0) is 22.3. The molecule has 1 aromatic carbocycles. The Morgan fingerprint density at radius 2 is 1.91 bits per heavy atom. The van der Waals surface area contributed by atoms with Crippen LogP contribution in [0.3, 0.4) is 0 Å². The van der Waals surface area contributed by atoms with E-state index in [2.05, 4.69) is 50.2 Å². The van der Waals surface area contributed by atoms with E-state index in [1.165, 1.54) is 9.87 Å². The summed E-state index contributed by atoms with van der Waals surface area (Å²) in [5.74, 6) is -0.306. The van der Waals surface area contributed by atoms with Gasteiger partial charge < -0.3 is 9.80 Å². The van der Waals surface area contributed by atoms with Gasteiger partial charge in [-0.25, -0.2) is 18.5 Å². The van der Waals surface area contributed by atoms with Gasteiger partial charge in [0.15, 0.2) is 0 Å². The highest BCUT2D eigenvalue weighted by molar-refractivity contribution is 7.89. The van der Waals surface area contributed by atoms with Gasteiger partial charge in [-0.3, -0.25) is 9.78 Å². The molecular formula is C21H25N7O3S. The highest BCUT2D eigenvalue weighted by Crippen LogP contribution is 2.28. The molecule has 2 aliphatic heterocycles. The van der Waals surface area contributed by atoms with Gasteiger partial charge in [0.25, 0.3) is 15.2 Å². The fraction of sp³-hybridized carbons (Fsp3) is 0.429. The first-order valence-corrected chi connectivity index (χ1v) is 12.1. The molecule has 2 fully saturated rings. The number of anilines is 1. The van der Waals surface area contributed by atoms with Gasteiger partial charge in [-0.1, -0.05) is 12.1 Å². The number of H-pyrrole nitrogens is 1. The zero-order valence-corrected chi connectivity index (χ0v) is 18.6. The Labute approximate surface area is 186 Å². The molecule has 4 heterocycles. The number of sulfonamides is 1. The summed E-state index contributed by atoms with van der Waals surface area (Å²) in [6.45, 7) is 5.22. The summed E-state index contributed by atoms with van der Waals surface area (Å²) in [6, 6.07) is 8.30. The maximum Gasteiger partial charge on any atom is 0.278 e. The average molecular weight is 456 g/mol. The largest absolute Gasteiger partial charge is 0.367 e. The number of fused-ring (bicyclic) bond motifs is 1. The van der Waals surface area contributed by atoms with E-state index in [4.69, 9.17) is 0 Å². The first kappa shape index (κ1) is 20.8. The second-order valence-electron chi connectivity index (χ2n) is 8.30. The molecule has 0 aliphatic carbocycles. The summed E-state index contributed by atoms with van der Waals surface area (Å²) in [5.41, 5.74) is 3.28. The summed E-state index contributed by atoms with van der Waals surface area (Å²) in [7, 11) is -3.74. The third kappa shape index (κ3) is 3.71. The molecule has 5 rings (SSSR count). The molecule has 0 spiro atoms. The minimum absolute atomic E-state index is 0.0233. The van der Waals surface area contributed by atoms with Gasteiger partial charge in [0, 0.05) is 56.5 Å². The molecule has 1 N–H and O–H groups in total. The van der Waals surface area contributed by atoms with Crippen LogP contribution >= 0.6 is 0 Å². The molecule has 0 saturated carbocycles. The zero-order valence-electron chi connectivity index (χ0n) is 17.8. The molecule has 168 valence electrons. The fourth-order valence-corrected chi connectivity index (χ4v) is 5.85. The Morgan fingerprint density at radius 3 is 2.66 bits per heavy atom. The van der Waals surface area contributed by atoms with Gasteiger partial charge in [0.2, 0.25) is 5.91 Å². The van der Waals surface area contributed by atoms with Crippen molar-refractivity contribution >= 4 is 32.5 Å². The number of pyridine rings is 1. The predicted octanol–water partition coefficient (Wildman–Crippen LogP) is 1.02. The Bertz CT molecular complexity index is 1240. The number of amides is 1. The maximum absolute atomic E-state index is 13.1. The molecule has 1 amide bonds. The van der Waals surface area contributed by atoms with E-state index in [0.717, 1.165) is 36.0 Å². The number of benzene rings is 1. The lowest BCUT2D eigenvalue weighted by Crippen LogP contribution is -2.50. The molecule has 3 aromatic rings. The second kappa shape index (κ2) is 8.14. The number of piperazine rings is 1. The summed E-state index contributed by atoms with van der Waals surface area (Å²) in [4.78, 5) is 25.5. The Hall–Kier alpha value is -3.05. The van der Waals surface area contributed by atoms with E-state index in [1.807, 2.05) is 17.2 Å². The molecule has 11 heteroatoms. The van der Waals surface area contributed by atoms with Crippen molar-refractivity contribution in [3.63, 3.8) is 0 Å². The van der Waals surface area contributed by atoms with Gasteiger partial charge in [0.1, 0.15) is 6.33 Å². The molecule has 0 unspecified atom stereocenters. The first-order valence-electron chi connectivity index (χ1n) is 10.7. The van der Waals surface area contributed by atoms with E-state index >= 15 is 0 Å². The number of hydrogen-bond donors (Lipinski definition) is 1. The van der Waals surface area contributed by atoms with E-state index in [9.17, 15) is 13.2 Å². The molecule has 0 radical (unpaired) electrons. The predicted molar refractivity (Wildman–Crippen MR) is 119 cm³/mol. The lowest BCUT2D eigenvalue weighted by Gasteiger charge is -2.37. The Kier molecular flexibility index (Phi) is 5.30. The molecule has 2 aliphatic rings. The van der Waals surface area contributed by atoms with Crippen LogP contribution in [0.1, 0.15) is 12.0 Å². The molecular weight excluding hydrogens is 430 g/mol. The fourth-order valence-electron chi connectivity index (χ4n) is 4.53. The topological polar surface area (TPSA) is 115 Å². The van der Waals surface area contributed by atoms with E-state index in [1.54, 1.807) is 0 Å². The summed E-state index contributed by atoms with van der Waals surface area (Å²) < 4.78 is 26.6. The lowest BCUT2D eigenvalue weighted by atomic mass is 10.1. The monoisotopic (exact) mass is 455 g/mol. The van der Waals surface area contributed by atoms with Gasteiger partial charge >= 0.3 is 0 Å². The number of nitrogens with one attached hydrogen (secondary N) is 1. The van der Waals surface area contributed by atoms with Crippen molar-refractivity contribution in [2.75, 3.05) is 44.2 Å². The number of carbonyl (C=O) groups excluding carboxylic acids is 1. The number of rotatable bonds is 4. The van der Waals surface area contributed by atoms with Crippen molar-refractivity contribution in [2.24, 2.45) is 5.92 Å². The van der Waals surface area contributed by atoms with Crippen LogP contribution in [0, 0.1) is 12.8 Å². The third-order valence-corrected chi connectivity index (χ3v) is 7.98. The van der Waals surface area contributed by atoms with Crippen LogP contribution in [-0.4, -0.2) is 83.0 Å². The first-order chi connectivity index (χ1) is 15.4. The van der Waals surface area contributed by atoms with Crippen molar-refractivity contribution in [1.29, 1.82) is 0 Å². The van der Waals surface area contributed by atoms with Crippen molar-refractivity contribution < 1.29 is 13.2 Å². The molecule has 10 nitrogen and oxygen atoms in total.